The first kappa shape index (κ1) is 21.8. The van der Waals surface area contributed by atoms with E-state index in [1.165, 1.54) is 11.1 Å². The zero-order valence-corrected chi connectivity index (χ0v) is 19.4. The third kappa shape index (κ3) is 5.06. The number of hydrogen-bond donors (Lipinski definition) is 2. The van der Waals surface area contributed by atoms with Crippen molar-refractivity contribution in [3.63, 3.8) is 0 Å². The summed E-state index contributed by atoms with van der Waals surface area (Å²) in [5.41, 5.74) is 6.61. The molecule has 0 radical (unpaired) electrons. The number of aryl methyl sites for hydroxylation is 2. The van der Waals surface area contributed by atoms with Gasteiger partial charge in [-0.1, -0.05) is 12.1 Å². The van der Waals surface area contributed by atoms with Gasteiger partial charge in [0.25, 0.3) is 0 Å². The number of thiocarbonyl (C=S) groups is 1. The number of anilines is 1. The predicted molar refractivity (Wildman–Crippen MR) is 133 cm³/mol. The van der Waals surface area contributed by atoms with Gasteiger partial charge in [0.2, 0.25) is 0 Å². The molecule has 32 heavy (non-hydrogen) atoms. The lowest BCUT2D eigenvalue weighted by Crippen LogP contribution is -2.40. The number of fused-ring (bicyclic) bond motifs is 1. The van der Waals surface area contributed by atoms with E-state index >= 15 is 0 Å². The van der Waals surface area contributed by atoms with E-state index in [1.54, 1.807) is 13.3 Å². The number of ether oxygens (including phenoxy) is 1. The predicted octanol–water partition coefficient (Wildman–Crippen LogP) is 4.71. The molecule has 0 amide bonds. The summed E-state index contributed by atoms with van der Waals surface area (Å²) in [6.45, 7) is 5.50. The molecule has 7 heteroatoms. The van der Waals surface area contributed by atoms with Crippen LogP contribution < -0.4 is 15.0 Å². The van der Waals surface area contributed by atoms with Crippen molar-refractivity contribution in [3.05, 3.63) is 83.4 Å². The SMILES string of the molecule is COc1cccc(N(Cc2cccnc2)C(=S)NCCc2nc3cc(C)c(C)cc3[nH]2)c1. The van der Waals surface area contributed by atoms with E-state index in [2.05, 4.69) is 46.2 Å². The Morgan fingerprint density at radius 3 is 2.75 bits per heavy atom. The minimum atomic E-state index is 0.607. The number of methoxy groups -OCH3 is 1. The summed E-state index contributed by atoms with van der Waals surface area (Å²) >= 11 is 5.77. The molecule has 4 aromatic rings. The van der Waals surface area contributed by atoms with Crippen molar-refractivity contribution in [1.29, 1.82) is 0 Å². The molecule has 2 aromatic heterocycles. The first-order chi connectivity index (χ1) is 15.5. The van der Waals surface area contributed by atoms with E-state index in [4.69, 9.17) is 21.9 Å². The van der Waals surface area contributed by atoms with Crippen LogP contribution in [-0.4, -0.2) is 33.7 Å². The summed E-state index contributed by atoms with van der Waals surface area (Å²) in [7, 11) is 1.66. The van der Waals surface area contributed by atoms with Crippen LogP contribution in [0.1, 0.15) is 22.5 Å². The number of hydrogen-bond acceptors (Lipinski definition) is 4. The average Bonchev–Trinajstić information content (AvgIpc) is 3.19. The smallest absolute Gasteiger partial charge is 0.173 e. The lowest BCUT2D eigenvalue weighted by molar-refractivity contribution is 0.415. The highest BCUT2D eigenvalue weighted by Crippen LogP contribution is 2.23. The summed E-state index contributed by atoms with van der Waals surface area (Å²) in [5, 5.41) is 4.03. The number of imidazole rings is 1. The number of nitrogens with one attached hydrogen (secondary N) is 2. The van der Waals surface area contributed by atoms with Gasteiger partial charge in [-0.15, -0.1) is 0 Å². The van der Waals surface area contributed by atoms with Crippen LogP contribution in [0.2, 0.25) is 0 Å². The molecule has 2 heterocycles. The van der Waals surface area contributed by atoms with Crippen LogP contribution in [0, 0.1) is 13.8 Å². The second-order valence-corrected chi connectivity index (χ2v) is 8.15. The van der Waals surface area contributed by atoms with E-state index in [-0.39, 0.29) is 0 Å². The largest absolute Gasteiger partial charge is 0.497 e. The van der Waals surface area contributed by atoms with Gasteiger partial charge >= 0.3 is 0 Å². The van der Waals surface area contributed by atoms with Crippen molar-refractivity contribution in [2.75, 3.05) is 18.6 Å². The molecule has 0 atom stereocenters. The fraction of sp³-hybridized carbons (Fsp3) is 0.240. The van der Waals surface area contributed by atoms with Crippen LogP contribution in [0.25, 0.3) is 11.0 Å². The summed E-state index contributed by atoms with van der Waals surface area (Å²) < 4.78 is 5.40. The van der Waals surface area contributed by atoms with Crippen LogP contribution >= 0.6 is 12.2 Å². The molecule has 0 aliphatic heterocycles. The first-order valence-electron chi connectivity index (χ1n) is 10.6. The summed E-state index contributed by atoms with van der Waals surface area (Å²) in [6, 6.07) is 16.1. The Bertz CT molecular complexity index is 1180. The van der Waals surface area contributed by atoms with Gasteiger partial charge in [0.05, 0.1) is 24.7 Å². The number of nitrogens with zero attached hydrogens (tertiary/aromatic N) is 3. The third-order valence-electron chi connectivity index (χ3n) is 5.46. The Morgan fingerprint density at radius 1 is 1.12 bits per heavy atom. The number of rotatable bonds is 7. The Balaban J connectivity index is 1.47. The van der Waals surface area contributed by atoms with Crippen molar-refractivity contribution in [1.82, 2.24) is 20.3 Å². The second kappa shape index (κ2) is 9.78. The van der Waals surface area contributed by atoms with Gasteiger partial charge in [-0.3, -0.25) is 4.98 Å². The van der Waals surface area contributed by atoms with E-state index in [0.717, 1.165) is 40.3 Å². The molecule has 2 N–H and O–H groups in total. The molecule has 0 fully saturated rings. The van der Waals surface area contributed by atoms with Crippen molar-refractivity contribution in [3.8, 4) is 5.75 Å². The van der Waals surface area contributed by atoms with Crippen LogP contribution in [0.3, 0.4) is 0 Å². The molecule has 164 valence electrons. The summed E-state index contributed by atoms with van der Waals surface area (Å²) in [5.74, 6) is 1.73. The normalized spacial score (nSPS) is 10.8. The van der Waals surface area contributed by atoms with Crippen LogP contribution in [0.4, 0.5) is 5.69 Å². The van der Waals surface area contributed by atoms with E-state index < -0.39 is 0 Å². The molecular weight excluding hydrogens is 418 g/mol. The van der Waals surface area contributed by atoms with E-state index in [9.17, 15) is 0 Å². The first-order valence-corrected chi connectivity index (χ1v) is 11.0. The van der Waals surface area contributed by atoms with Crippen LogP contribution in [0.15, 0.2) is 60.9 Å². The fourth-order valence-electron chi connectivity index (χ4n) is 3.56. The summed E-state index contributed by atoms with van der Waals surface area (Å²) in [6.07, 6.45) is 4.37. The van der Waals surface area contributed by atoms with E-state index in [1.807, 2.05) is 42.6 Å². The van der Waals surface area contributed by atoms with Gasteiger partial charge in [0, 0.05) is 37.1 Å². The highest BCUT2D eigenvalue weighted by molar-refractivity contribution is 7.80. The lowest BCUT2D eigenvalue weighted by Gasteiger charge is -2.26. The molecule has 4 rings (SSSR count). The van der Waals surface area contributed by atoms with Gasteiger partial charge in [-0.05, 0) is 73.1 Å². The van der Waals surface area contributed by atoms with Crippen molar-refractivity contribution in [2.45, 2.75) is 26.8 Å². The lowest BCUT2D eigenvalue weighted by atomic mass is 10.1. The number of H-pyrrole nitrogens is 1. The molecule has 0 aliphatic carbocycles. The standard InChI is InChI=1S/C25H27N5OS/c1-17-12-22-23(13-18(17)2)29-24(28-22)9-11-27-25(32)30(16-19-6-5-10-26-15-19)20-7-4-8-21(14-20)31-3/h4-8,10,12-15H,9,11,16H2,1-3H3,(H,27,32)(H,28,29). The Kier molecular flexibility index (Phi) is 6.66. The minimum Gasteiger partial charge on any atom is -0.497 e. The van der Waals surface area contributed by atoms with Crippen molar-refractivity contribution >= 4 is 34.1 Å². The molecule has 0 unspecified atom stereocenters. The van der Waals surface area contributed by atoms with Crippen LogP contribution in [0.5, 0.6) is 5.75 Å². The number of benzene rings is 2. The van der Waals surface area contributed by atoms with Gasteiger partial charge in [0.15, 0.2) is 5.11 Å². The maximum absolute atomic E-state index is 5.77. The molecule has 0 saturated carbocycles. The van der Waals surface area contributed by atoms with Crippen LogP contribution in [-0.2, 0) is 13.0 Å². The minimum absolute atomic E-state index is 0.607. The topological polar surface area (TPSA) is 66.1 Å². The average molecular weight is 446 g/mol. The quantitative estimate of drug-likeness (QED) is 0.402. The van der Waals surface area contributed by atoms with Crippen molar-refractivity contribution in [2.24, 2.45) is 0 Å². The zero-order chi connectivity index (χ0) is 22.5. The Labute approximate surface area is 193 Å². The zero-order valence-electron chi connectivity index (χ0n) is 18.6. The molecule has 0 bridgehead atoms. The molecule has 0 aliphatic rings. The molecular formula is C25H27N5OS. The molecule has 0 spiro atoms. The third-order valence-corrected chi connectivity index (χ3v) is 5.82. The molecule has 0 saturated heterocycles. The molecule has 6 nitrogen and oxygen atoms in total. The Morgan fingerprint density at radius 2 is 1.97 bits per heavy atom. The fourth-order valence-corrected chi connectivity index (χ4v) is 3.83. The molecule has 2 aromatic carbocycles. The second-order valence-electron chi connectivity index (χ2n) is 7.77. The van der Waals surface area contributed by atoms with Gasteiger partial charge in [-0.25, -0.2) is 4.98 Å². The highest BCUT2D eigenvalue weighted by Gasteiger charge is 2.14. The van der Waals surface area contributed by atoms with E-state index in [0.29, 0.717) is 18.2 Å². The van der Waals surface area contributed by atoms with Gasteiger partial charge in [0.1, 0.15) is 11.6 Å². The van der Waals surface area contributed by atoms with Gasteiger partial charge in [-0.2, -0.15) is 0 Å². The highest BCUT2D eigenvalue weighted by atomic mass is 32.1. The van der Waals surface area contributed by atoms with Crippen molar-refractivity contribution < 1.29 is 4.74 Å². The van der Waals surface area contributed by atoms with Gasteiger partial charge < -0.3 is 19.9 Å². The maximum Gasteiger partial charge on any atom is 0.173 e. The number of aromatic amines is 1. The maximum atomic E-state index is 5.77. The monoisotopic (exact) mass is 445 g/mol. The summed E-state index contributed by atoms with van der Waals surface area (Å²) in [4.78, 5) is 14.4. The number of pyridine rings is 1. The number of aromatic nitrogens is 3. The Hall–Kier alpha value is -3.45.